The van der Waals surface area contributed by atoms with E-state index < -0.39 is 10.0 Å². The molecule has 0 saturated carbocycles. The van der Waals surface area contributed by atoms with Crippen molar-refractivity contribution in [2.24, 2.45) is 0 Å². The molecule has 0 spiro atoms. The summed E-state index contributed by atoms with van der Waals surface area (Å²) in [6, 6.07) is 24.1. The number of anilines is 1. The second-order valence-corrected chi connectivity index (χ2v) is 10.7. The summed E-state index contributed by atoms with van der Waals surface area (Å²) in [7, 11) is -3.89. The fourth-order valence-corrected chi connectivity index (χ4v) is 5.50. The zero-order valence-corrected chi connectivity index (χ0v) is 20.7. The monoisotopic (exact) mass is 482 g/mol. The molecular formula is C26H30N2O3S2. The van der Waals surface area contributed by atoms with Crippen LogP contribution in [0.2, 0.25) is 0 Å². The summed E-state index contributed by atoms with van der Waals surface area (Å²) in [5.74, 6) is 1.29. The number of rotatable bonds is 11. The summed E-state index contributed by atoms with van der Waals surface area (Å²) in [5.41, 5.74) is 3.78. The van der Waals surface area contributed by atoms with Crippen LogP contribution in [0.3, 0.4) is 0 Å². The quantitative estimate of drug-likeness (QED) is 0.399. The Morgan fingerprint density at radius 2 is 1.58 bits per heavy atom. The zero-order valence-electron chi connectivity index (χ0n) is 19.0. The van der Waals surface area contributed by atoms with Crippen molar-refractivity contribution < 1.29 is 13.2 Å². The molecule has 3 aromatic carbocycles. The van der Waals surface area contributed by atoms with Gasteiger partial charge in [-0.15, -0.1) is 0 Å². The minimum absolute atomic E-state index is 0.166. The molecular weight excluding hydrogens is 452 g/mol. The number of nitrogens with zero attached hydrogens (tertiary/aromatic N) is 1. The van der Waals surface area contributed by atoms with Crippen LogP contribution in [-0.2, 0) is 27.0 Å². The average molecular weight is 483 g/mol. The lowest BCUT2D eigenvalue weighted by atomic mass is 10.1. The Kier molecular flexibility index (Phi) is 8.97. The molecule has 1 amide bonds. The molecule has 0 radical (unpaired) electrons. The molecule has 1 N–H and O–H groups in total. The van der Waals surface area contributed by atoms with E-state index in [2.05, 4.69) is 17.4 Å². The van der Waals surface area contributed by atoms with Crippen LogP contribution >= 0.6 is 11.8 Å². The molecule has 174 valence electrons. The van der Waals surface area contributed by atoms with E-state index in [0.29, 0.717) is 12.2 Å². The number of hydrogen-bond acceptors (Lipinski definition) is 4. The van der Waals surface area contributed by atoms with Crippen LogP contribution in [0, 0.1) is 6.92 Å². The first-order valence-corrected chi connectivity index (χ1v) is 13.6. The second-order valence-electron chi connectivity index (χ2n) is 7.73. The fourth-order valence-electron chi connectivity index (χ4n) is 3.26. The van der Waals surface area contributed by atoms with Gasteiger partial charge in [-0.25, -0.2) is 8.42 Å². The lowest BCUT2D eigenvalue weighted by Gasteiger charge is -2.24. The Balaban J connectivity index is 1.67. The lowest BCUT2D eigenvalue weighted by molar-refractivity contribution is -0.119. The predicted molar refractivity (Wildman–Crippen MR) is 137 cm³/mol. The van der Waals surface area contributed by atoms with Crippen molar-refractivity contribution in [2.75, 3.05) is 23.1 Å². The van der Waals surface area contributed by atoms with Crippen LogP contribution in [0.1, 0.15) is 23.6 Å². The van der Waals surface area contributed by atoms with Crippen LogP contribution in [0.4, 0.5) is 5.69 Å². The third-order valence-electron chi connectivity index (χ3n) is 5.21. The van der Waals surface area contributed by atoms with Crippen molar-refractivity contribution in [3.05, 3.63) is 95.6 Å². The number of hydrogen-bond donors (Lipinski definition) is 1. The lowest BCUT2D eigenvalue weighted by Crippen LogP contribution is -2.41. The van der Waals surface area contributed by atoms with Gasteiger partial charge in [0.1, 0.15) is 6.54 Å². The van der Waals surface area contributed by atoms with Crippen LogP contribution in [0.25, 0.3) is 0 Å². The molecule has 5 nitrogen and oxygen atoms in total. The number of nitrogens with one attached hydrogen (secondary N) is 1. The Hall–Kier alpha value is -2.77. The molecule has 0 fully saturated rings. The van der Waals surface area contributed by atoms with Gasteiger partial charge in [0, 0.05) is 18.1 Å². The largest absolute Gasteiger partial charge is 0.354 e. The smallest absolute Gasteiger partial charge is 0.264 e. The maximum Gasteiger partial charge on any atom is 0.264 e. The van der Waals surface area contributed by atoms with Crippen LogP contribution in [0.5, 0.6) is 0 Å². The summed E-state index contributed by atoms with van der Waals surface area (Å²) in [6.07, 6.45) is 0.853. The minimum Gasteiger partial charge on any atom is -0.354 e. The standard InChI is InChI=1S/C26H30N2O3S2/c1-3-22-11-13-24(14-12-22)28(33(30,31)25-15-9-21(2)10-16-25)19-26(29)27-17-18-32-20-23-7-5-4-6-8-23/h4-16H,3,17-20H2,1-2H3,(H,27,29). The first-order valence-electron chi connectivity index (χ1n) is 11.0. The van der Waals surface area contributed by atoms with Crippen LogP contribution in [-0.4, -0.2) is 33.2 Å². The molecule has 0 aliphatic carbocycles. The summed E-state index contributed by atoms with van der Waals surface area (Å²) in [5, 5.41) is 2.86. The molecule has 0 atom stereocenters. The number of amides is 1. The van der Waals surface area contributed by atoms with Gasteiger partial charge in [0.2, 0.25) is 5.91 Å². The Morgan fingerprint density at radius 3 is 2.21 bits per heavy atom. The average Bonchev–Trinajstić information content (AvgIpc) is 2.83. The first kappa shape index (κ1) is 24.9. The highest BCUT2D eigenvalue weighted by atomic mass is 32.2. The van der Waals surface area contributed by atoms with E-state index in [-0.39, 0.29) is 17.3 Å². The molecule has 0 bridgehead atoms. The van der Waals surface area contributed by atoms with E-state index in [1.54, 1.807) is 48.2 Å². The van der Waals surface area contributed by atoms with Crippen molar-refractivity contribution in [1.29, 1.82) is 0 Å². The van der Waals surface area contributed by atoms with E-state index in [9.17, 15) is 13.2 Å². The van der Waals surface area contributed by atoms with Gasteiger partial charge in [-0.05, 0) is 48.7 Å². The SMILES string of the molecule is CCc1ccc(N(CC(=O)NCCSCc2ccccc2)S(=O)(=O)c2ccc(C)cc2)cc1. The third kappa shape index (κ3) is 7.11. The predicted octanol–water partition coefficient (Wildman–Crippen LogP) is 4.80. The first-order chi connectivity index (χ1) is 15.9. The number of aryl methyl sites for hydroxylation is 2. The van der Waals surface area contributed by atoms with Gasteiger partial charge >= 0.3 is 0 Å². The summed E-state index contributed by atoms with van der Waals surface area (Å²) in [4.78, 5) is 12.9. The van der Waals surface area contributed by atoms with E-state index in [4.69, 9.17) is 0 Å². The summed E-state index contributed by atoms with van der Waals surface area (Å²) < 4.78 is 28.0. The summed E-state index contributed by atoms with van der Waals surface area (Å²) in [6.45, 7) is 4.15. The molecule has 3 aromatic rings. The Labute approximate surface area is 201 Å². The van der Waals surface area contributed by atoms with Crippen molar-refractivity contribution in [3.8, 4) is 0 Å². The third-order valence-corrected chi connectivity index (χ3v) is 8.03. The van der Waals surface area contributed by atoms with E-state index in [1.807, 2.05) is 44.2 Å². The molecule has 7 heteroatoms. The molecule has 0 aliphatic heterocycles. The van der Waals surface area contributed by atoms with Crippen molar-refractivity contribution >= 4 is 33.4 Å². The number of sulfonamides is 1. The van der Waals surface area contributed by atoms with Gasteiger partial charge in [-0.2, -0.15) is 11.8 Å². The zero-order chi connectivity index (χ0) is 23.7. The highest BCUT2D eigenvalue weighted by Gasteiger charge is 2.27. The molecule has 0 aromatic heterocycles. The van der Waals surface area contributed by atoms with Gasteiger partial charge in [0.25, 0.3) is 10.0 Å². The second kappa shape index (κ2) is 11.9. The minimum atomic E-state index is -3.89. The maximum absolute atomic E-state index is 13.4. The van der Waals surface area contributed by atoms with Gasteiger partial charge in [-0.3, -0.25) is 9.10 Å². The highest BCUT2D eigenvalue weighted by Crippen LogP contribution is 2.24. The number of carbonyl (C=O) groups excluding carboxylic acids is 1. The van der Waals surface area contributed by atoms with Gasteiger partial charge < -0.3 is 5.32 Å². The Morgan fingerprint density at radius 1 is 0.909 bits per heavy atom. The van der Waals surface area contributed by atoms with Gasteiger partial charge in [0.15, 0.2) is 0 Å². The summed E-state index contributed by atoms with van der Waals surface area (Å²) >= 11 is 1.72. The van der Waals surface area contributed by atoms with Gasteiger partial charge in [0.05, 0.1) is 10.6 Å². The molecule has 33 heavy (non-hydrogen) atoms. The molecule has 0 aliphatic rings. The molecule has 0 heterocycles. The van der Waals surface area contributed by atoms with E-state index in [1.165, 1.54) is 9.87 Å². The van der Waals surface area contributed by atoms with Crippen LogP contribution in [0.15, 0.2) is 83.8 Å². The maximum atomic E-state index is 13.4. The fraction of sp³-hybridized carbons (Fsp3) is 0.269. The number of benzene rings is 3. The van der Waals surface area contributed by atoms with Crippen molar-refractivity contribution in [3.63, 3.8) is 0 Å². The van der Waals surface area contributed by atoms with Crippen LogP contribution < -0.4 is 9.62 Å². The number of thioether (sulfide) groups is 1. The highest BCUT2D eigenvalue weighted by molar-refractivity contribution is 7.98. The normalized spacial score (nSPS) is 11.2. The Bertz CT molecular complexity index is 1130. The van der Waals surface area contributed by atoms with Crippen molar-refractivity contribution in [1.82, 2.24) is 5.32 Å². The topological polar surface area (TPSA) is 66.5 Å². The van der Waals surface area contributed by atoms with Crippen molar-refractivity contribution in [2.45, 2.75) is 30.9 Å². The van der Waals surface area contributed by atoms with Gasteiger partial charge in [-0.1, -0.05) is 67.1 Å². The number of carbonyl (C=O) groups is 1. The van der Waals surface area contributed by atoms with E-state index in [0.717, 1.165) is 29.1 Å². The molecule has 3 rings (SSSR count). The molecule has 0 saturated heterocycles. The van der Waals surface area contributed by atoms with E-state index >= 15 is 0 Å². The molecule has 0 unspecified atom stereocenters.